The highest BCUT2D eigenvalue weighted by atomic mass is 35.5. The molecule has 12 heteroatoms. The van der Waals surface area contributed by atoms with E-state index in [1.165, 1.54) is 24.9 Å². The number of rotatable bonds is 4. The molecule has 0 spiro atoms. The molecule has 1 atom stereocenters. The van der Waals surface area contributed by atoms with Crippen LogP contribution in [0.4, 0.5) is 19.0 Å². The number of halogens is 4. The number of aromatic nitrogens is 5. The second-order valence-electron chi connectivity index (χ2n) is 6.37. The van der Waals surface area contributed by atoms with Crippen molar-refractivity contribution in [1.82, 2.24) is 24.9 Å². The normalized spacial score (nSPS) is 12.5. The van der Waals surface area contributed by atoms with E-state index in [-0.39, 0.29) is 21.7 Å². The summed E-state index contributed by atoms with van der Waals surface area (Å²) in [5, 5.41) is 12.6. The molecule has 3 aromatic heterocycles. The first-order valence-electron chi connectivity index (χ1n) is 8.73. The van der Waals surface area contributed by atoms with Crippen LogP contribution in [0.25, 0.3) is 21.6 Å². The Labute approximate surface area is 182 Å². The molecule has 0 amide bonds. The number of nitriles is 1. The zero-order valence-corrected chi connectivity index (χ0v) is 17.2. The summed E-state index contributed by atoms with van der Waals surface area (Å²) in [6.45, 7) is 1.76. The monoisotopic (exact) mass is 461 g/mol. The fourth-order valence-corrected chi connectivity index (χ4v) is 3.93. The van der Waals surface area contributed by atoms with Gasteiger partial charge in [0, 0.05) is 17.8 Å². The quantitative estimate of drug-likeness (QED) is 0.442. The largest absolute Gasteiger partial charge is 0.416 e. The number of benzene rings is 1. The molecule has 4 rings (SSSR count). The highest BCUT2D eigenvalue weighted by Gasteiger charge is 2.32. The molecule has 0 aliphatic carbocycles. The minimum Gasteiger partial charge on any atom is -0.361 e. The first-order chi connectivity index (χ1) is 14.8. The van der Waals surface area contributed by atoms with E-state index in [0.29, 0.717) is 21.3 Å². The zero-order chi connectivity index (χ0) is 22.2. The maximum atomic E-state index is 13.3. The van der Waals surface area contributed by atoms with Crippen LogP contribution >= 0.6 is 22.9 Å². The number of nitrogens with one attached hydrogen (secondary N) is 1. The van der Waals surface area contributed by atoms with E-state index in [4.69, 9.17) is 16.9 Å². The van der Waals surface area contributed by atoms with Gasteiger partial charge in [0.15, 0.2) is 0 Å². The highest BCUT2D eigenvalue weighted by Crippen LogP contribution is 2.37. The Hall–Kier alpha value is -3.36. The Morgan fingerprint density at radius 1 is 1.13 bits per heavy atom. The number of anilines is 1. The molecule has 4 aromatic rings. The molecule has 0 fully saturated rings. The molecular weight excluding hydrogens is 451 g/mol. The molecular formula is C19H11ClF3N7S. The lowest BCUT2D eigenvalue weighted by atomic mass is 10.1. The Morgan fingerprint density at radius 3 is 2.61 bits per heavy atom. The van der Waals surface area contributed by atoms with E-state index in [1.54, 1.807) is 6.92 Å². The predicted molar refractivity (Wildman–Crippen MR) is 109 cm³/mol. The van der Waals surface area contributed by atoms with Gasteiger partial charge in [-0.1, -0.05) is 11.6 Å². The number of hydrogen-bond acceptors (Lipinski definition) is 8. The number of thiazole rings is 1. The van der Waals surface area contributed by atoms with E-state index in [9.17, 15) is 13.2 Å². The minimum absolute atomic E-state index is 0.126. The van der Waals surface area contributed by atoms with Crippen molar-refractivity contribution in [3.8, 4) is 16.8 Å². The van der Waals surface area contributed by atoms with Crippen LogP contribution in [0.5, 0.6) is 0 Å². The van der Waals surface area contributed by atoms with Crippen molar-refractivity contribution in [2.24, 2.45) is 0 Å². The van der Waals surface area contributed by atoms with E-state index in [1.807, 2.05) is 6.07 Å². The Kier molecular flexibility index (Phi) is 5.43. The van der Waals surface area contributed by atoms with Crippen LogP contribution in [0.2, 0.25) is 5.02 Å². The predicted octanol–water partition coefficient (Wildman–Crippen LogP) is 5.26. The molecule has 1 N–H and O–H groups in total. The summed E-state index contributed by atoms with van der Waals surface area (Å²) in [5.74, 6) is 0.166. The standard InChI is InChI=1S/C19H11ClF3N7S/c1-9(14-16(26-3-2-25-14)18-27-7-11(6-24)31-18)30-17-12-4-10(19(21,22)23)5-13(20)15(12)28-8-29-17/h2-5,7-9H,1H3,(H,28,29,30). The smallest absolute Gasteiger partial charge is 0.361 e. The molecule has 156 valence electrons. The van der Waals surface area contributed by atoms with Crippen molar-refractivity contribution in [3.63, 3.8) is 0 Å². The summed E-state index contributed by atoms with van der Waals surface area (Å²) in [6.07, 6.45) is 1.07. The lowest BCUT2D eigenvalue weighted by molar-refractivity contribution is -0.137. The molecule has 0 aliphatic rings. The molecule has 0 aliphatic heterocycles. The van der Waals surface area contributed by atoms with Gasteiger partial charge in [0.25, 0.3) is 0 Å². The van der Waals surface area contributed by atoms with E-state index in [0.717, 1.165) is 23.5 Å². The second kappa shape index (κ2) is 8.05. The average molecular weight is 462 g/mol. The van der Waals surface area contributed by atoms with Crippen LogP contribution in [-0.4, -0.2) is 24.9 Å². The van der Waals surface area contributed by atoms with Crippen LogP contribution in [0.15, 0.2) is 37.1 Å². The molecule has 3 heterocycles. The van der Waals surface area contributed by atoms with Gasteiger partial charge in [0.2, 0.25) is 0 Å². The molecule has 0 bridgehead atoms. The molecule has 7 nitrogen and oxygen atoms in total. The van der Waals surface area contributed by atoms with Crippen LogP contribution in [0.1, 0.15) is 29.1 Å². The first kappa shape index (κ1) is 20.9. The van der Waals surface area contributed by atoms with Gasteiger partial charge in [0.05, 0.1) is 34.0 Å². The summed E-state index contributed by atoms with van der Waals surface area (Å²) < 4.78 is 39.8. The van der Waals surface area contributed by atoms with Crippen LogP contribution < -0.4 is 5.32 Å². The third kappa shape index (κ3) is 4.12. The number of nitrogens with zero attached hydrogens (tertiary/aromatic N) is 6. The summed E-state index contributed by atoms with van der Waals surface area (Å²) in [7, 11) is 0. The van der Waals surface area contributed by atoms with Gasteiger partial charge >= 0.3 is 6.18 Å². The Bertz CT molecular complexity index is 1320. The SMILES string of the molecule is CC(Nc1ncnc2c(Cl)cc(C(F)(F)F)cc12)c1nccnc1-c1ncc(C#N)s1. The highest BCUT2D eigenvalue weighted by molar-refractivity contribution is 7.15. The molecule has 0 radical (unpaired) electrons. The molecule has 1 aromatic carbocycles. The maximum absolute atomic E-state index is 13.3. The number of alkyl halides is 3. The third-order valence-electron chi connectivity index (χ3n) is 4.33. The minimum atomic E-state index is -4.57. The maximum Gasteiger partial charge on any atom is 0.416 e. The molecule has 1 unspecified atom stereocenters. The molecule has 0 saturated heterocycles. The second-order valence-corrected chi connectivity index (χ2v) is 7.81. The summed E-state index contributed by atoms with van der Waals surface area (Å²) in [5.41, 5.74) is 0.243. The van der Waals surface area contributed by atoms with Gasteiger partial charge in [-0.15, -0.1) is 11.3 Å². The van der Waals surface area contributed by atoms with E-state index in [2.05, 4.69) is 30.2 Å². The van der Waals surface area contributed by atoms with Crippen molar-refractivity contribution >= 4 is 39.7 Å². The van der Waals surface area contributed by atoms with Gasteiger partial charge in [-0.2, -0.15) is 18.4 Å². The van der Waals surface area contributed by atoms with Crippen molar-refractivity contribution in [1.29, 1.82) is 5.26 Å². The van der Waals surface area contributed by atoms with Gasteiger partial charge in [-0.25, -0.2) is 15.0 Å². The Morgan fingerprint density at radius 2 is 1.90 bits per heavy atom. The van der Waals surface area contributed by atoms with Gasteiger partial charge in [-0.3, -0.25) is 9.97 Å². The first-order valence-corrected chi connectivity index (χ1v) is 9.92. The zero-order valence-electron chi connectivity index (χ0n) is 15.6. The lowest BCUT2D eigenvalue weighted by Crippen LogP contribution is -2.13. The van der Waals surface area contributed by atoms with E-state index >= 15 is 0 Å². The van der Waals surface area contributed by atoms with Crippen molar-refractivity contribution < 1.29 is 13.2 Å². The molecule has 0 saturated carbocycles. The summed E-state index contributed by atoms with van der Waals surface area (Å²) >= 11 is 7.20. The fraction of sp³-hybridized carbons (Fsp3) is 0.158. The summed E-state index contributed by atoms with van der Waals surface area (Å²) in [4.78, 5) is 21.4. The van der Waals surface area contributed by atoms with Gasteiger partial charge in [-0.05, 0) is 19.1 Å². The van der Waals surface area contributed by atoms with Crippen molar-refractivity contribution in [2.75, 3.05) is 5.32 Å². The van der Waals surface area contributed by atoms with Crippen LogP contribution in [-0.2, 0) is 6.18 Å². The van der Waals surface area contributed by atoms with Crippen molar-refractivity contribution in [3.05, 3.63) is 58.2 Å². The topological polar surface area (TPSA) is 100 Å². The fourth-order valence-electron chi connectivity index (χ4n) is 2.94. The lowest BCUT2D eigenvalue weighted by Gasteiger charge is -2.18. The van der Waals surface area contributed by atoms with Crippen LogP contribution in [0.3, 0.4) is 0 Å². The average Bonchev–Trinajstić information content (AvgIpc) is 3.23. The molecule has 31 heavy (non-hydrogen) atoms. The number of fused-ring (bicyclic) bond motifs is 1. The third-order valence-corrected chi connectivity index (χ3v) is 5.52. The Balaban J connectivity index is 1.76. The van der Waals surface area contributed by atoms with Crippen LogP contribution in [0, 0.1) is 11.3 Å². The van der Waals surface area contributed by atoms with E-state index < -0.39 is 17.8 Å². The van der Waals surface area contributed by atoms with Gasteiger partial charge in [0.1, 0.15) is 33.8 Å². The van der Waals surface area contributed by atoms with Gasteiger partial charge < -0.3 is 5.32 Å². The summed E-state index contributed by atoms with van der Waals surface area (Å²) in [6, 6.07) is 3.30. The van der Waals surface area contributed by atoms with Crippen molar-refractivity contribution in [2.45, 2.75) is 19.1 Å². The number of hydrogen-bond donors (Lipinski definition) is 1.